The number of fused-ring (bicyclic) bond motifs is 1. The summed E-state index contributed by atoms with van der Waals surface area (Å²) in [5.41, 5.74) is 1.98. The minimum absolute atomic E-state index is 0.0478. The van der Waals surface area contributed by atoms with Gasteiger partial charge in [0.25, 0.3) is 11.7 Å². The molecule has 0 spiro atoms. The van der Waals surface area contributed by atoms with Crippen molar-refractivity contribution in [2.75, 3.05) is 6.61 Å². The molecule has 32 heavy (non-hydrogen) atoms. The standard InChI is InChI=1S/C25H19FN2O4/c26-19-6-2-1-5-18(19)22-21(23(29)17-7-8-20-16(12-17)9-11-32-20)24(30)25(31)28(22)14-15-4-3-10-27-13-15/h1-8,10,12-13,22,29H,9,11,14H2/b23-21+. The number of rotatable bonds is 4. The average Bonchev–Trinajstić information content (AvgIpc) is 3.38. The number of likely N-dealkylation sites (tertiary alicyclic amines) is 1. The third-order valence-corrected chi connectivity index (χ3v) is 5.78. The summed E-state index contributed by atoms with van der Waals surface area (Å²) in [6.07, 6.45) is 3.87. The van der Waals surface area contributed by atoms with Crippen LogP contribution in [-0.2, 0) is 22.6 Å². The number of carbonyl (C=O) groups excluding carboxylic acids is 2. The van der Waals surface area contributed by atoms with E-state index in [0.717, 1.165) is 11.3 Å². The normalized spacial score (nSPS) is 19.2. The number of ether oxygens (including phenoxy) is 1. The average molecular weight is 430 g/mol. The minimum Gasteiger partial charge on any atom is -0.507 e. The fourth-order valence-corrected chi connectivity index (χ4v) is 4.24. The Morgan fingerprint density at radius 1 is 1.16 bits per heavy atom. The van der Waals surface area contributed by atoms with E-state index in [1.54, 1.807) is 48.8 Å². The van der Waals surface area contributed by atoms with Crippen molar-refractivity contribution in [1.29, 1.82) is 0 Å². The summed E-state index contributed by atoms with van der Waals surface area (Å²) in [6.45, 7) is 0.594. The molecule has 1 aromatic heterocycles. The van der Waals surface area contributed by atoms with E-state index in [4.69, 9.17) is 4.74 Å². The topological polar surface area (TPSA) is 79.7 Å². The number of aliphatic hydroxyl groups excluding tert-OH is 1. The lowest BCUT2D eigenvalue weighted by Crippen LogP contribution is -2.29. The predicted octanol–water partition coefficient (Wildman–Crippen LogP) is 3.78. The van der Waals surface area contributed by atoms with Crippen LogP contribution in [0, 0.1) is 5.82 Å². The van der Waals surface area contributed by atoms with Gasteiger partial charge < -0.3 is 14.7 Å². The van der Waals surface area contributed by atoms with Gasteiger partial charge in [-0.2, -0.15) is 0 Å². The van der Waals surface area contributed by atoms with Crippen molar-refractivity contribution < 1.29 is 23.8 Å². The van der Waals surface area contributed by atoms with Gasteiger partial charge in [-0.05, 0) is 41.5 Å². The molecule has 0 bridgehead atoms. The Kier molecular flexibility index (Phi) is 4.93. The maximum Gasteiger partial charge on any atom is 0.295 e. The number of ketones is 1. The van der Waals surface area contributed by atoms with Gasteiger partial charge in [0.05, 0.1) is 18.2 Å². The fourth-order valence-electron chi connectivity index (χ4n) is 4.24. The van der Waals surface area contributed by atoms with E-state index >= 15 is 0 Å². The van der Waals surface area contributed by atoms with E-state index in [1.807, 2.05) is 0 Å². The molecule has 2 aliphatic heterocycles. The quantitative estimate of drug-likeness (QED) is 0.387. The monoisotopic (exact) mass is 430 g/mol. The van der Waals surface area contributed by atoms with E-state index < -0.39 is 23.5 Å². The number of carbonyl (C=O) groups is 2. The van der Waals surface area contributed by atoms with Crippen molar-refractivity contribution >= 4 is 17.4 Å². The molecule has 3 aromatic rings. The highest BCUT2D eigenvalue weighted by Gasteiger charge is 2.47. The summed E-state index contributed by atoms with van der Waals surface area (Å²) in [5, 5.41) is 11.2. The van der Waals surface area contributed by atoms with Gasteiger partial charge in [-0.25, -0.2) is 4.39 Å². The van der Waals surface area contributed by atoms with Gasteiger partial charge in [-0.3, -0.25) is 14.6 Å². The maximum absolute atomic E-state index is 14.8. The smallest absolute Gasteiger partial charge is 0.295 e. The number of pyridine rings is 1. The zero-order chi connectivity index (χ0) is 22.2. The van der Waals surface area contributed by atoms with E-state index in [1.165, 1.54) is 23.1 Å². The first-order chi connectivity index (χ1) is 15.5. The van der Waals surface area contributed by atoms with Crippen LogP contribution >= 0.6 is 0 Å². The predicted molar refractivity (Wildman–Crippen MR) is 114 cm³/mol. The third kappa shape index (κ3) is 3.32. The van der Waals surface area contributed by atoms with E-state index in [0.29, 0.717) is 24.2 Å². The summed E-state index contributed by atoms with van der Waals surface area (Å²) in [6, 6.07) is 13.5. The van der Waals surface area contributed by atoms with Gasteiger partial charge >= 0.3 is 0 Å². The number of nitrogens with zero attached hydrogens (tertiary/aromatic N) is 2. The van der Waals surface area contributed by atoms with Crippen LogP contribution in [0.1, 0.15) is 28.3 Å². The van der Waals surface area contributed by atoms with Crippen LogP contribution < -0.4 is 4.74 Å². The molecule has 7 heteroatoms. The van der Waals surface area contributed by atoms with Gasteiger partial charge in [-0.1, -0.05) is 24.3 Å². The molecule has 6 nitrogen and oxygen atoms in total. The first-order valence-corrected chi connectivity index (χ1v) is 10.2. The Bertz CT molecular complexity index is 1260. The maximum atomic E-state index is 14.8. The molecule has 0 saturated carbocycles. The molecule has 3 heterocycles. The first kappa shape index (κ1) is 19.9. The van der Waals surface area contributed by atoms with Gasteiger partial charge in [0.1, 0.15) is 17.3 Å². The van der Waals surface area contributed by atoms with Crippen LogP contribution in [0.3, 0.4) is 0 Å². The highest BCUT2D eigenvalue weighted by molar-refractivity contribution is 6.46. The second-order valence-electron chi connectivity index (χ2n) is 7.73. The molecule has 1 N–H and O–H groups in total. The number of hydrogen-bond acceptors (Lipinski definition) is 5. The van der Waals surface area contributed by atoms with Crippen LogP contribution in [0.25, 0.3) is 5.76 Å². The first-order valence-electron chi connectivity index (χ1n) is 10.2. The van der Waals surface area contributed by atoms with E-state index in [2.05, 4.69) is 4.98 Å². The number of hydrogen-bond donors (Lipinski definition) is 1. The lowest BCUT2D eigenvalue weighted by molar-refractivity contribution is -0.140. The zero-order valence-corrected chi connectivity index (χ0v) is 17.0. The highest BCUT2D eigenvalue weighted by atomic mass is 19.1. The van der Waals surface area contributed by atoms with Crippen LogP contribution in [0.4, 0.5) is 4.39 Å². The number of benzene rings is 2. The molecular formula is C25H19FN2O4. The summed E-state index contributed by atoms with van der Waals surface area (Å²) >= 11 is 0. The largest absolute Gasteiger partial charge is 0.507 e. The summed E-state index contributed by atoms with van der Waals surface area (Å²) in [4.78, 5) is 31.4. The van der Waals surface area contributed by atoms with Gasteiger partial charge in [0, 0.05) is 36.5 Å². The Morgan fingerprint density at radius 3 is 2.78 bits per heavy atom. The van der Waals surface area contributed by atoms with Crippen LogP contribution in [0.5, 0.6) is 5.75 Å². The summed E-state index contributed by atoms with van der Waals surface area (Å²) < 4.78 is 20.3. The molecule has 2 aromatic carbocycles. The van der Waals surface area contributed by atoms with Gasteiger partial charge in [0.15, 0.2) is 0 Å². The molecular weight excluding hydrogens is 411 g/mol. The summed E-state index contributed by atoms with van der Waals surface area (Å²) in [5.74, 6) is -1.82. The van der Waals surface area contributed by atoms with Crippen molar-refractivity contribution in [1.82, 2.24) is 9.88 Å². The number of amides is 1. The molecule has 160 valence electrons. The summed E-state index contributed by atoms with van der Waals surface area (Å²) in [7, 11) is 0. The highest BCUT2D eigenvalue weighted by Crippen LogP contribution is 2.41. The van der Waals surface area contributed by atoms with Crippen molar-refractivity contribution in [3.63, 3.8) is 0 Å². The molecule has 5 rings (SSSR count). The molecule has 0 radical (unpaired) electrons. The number of aliphatic hydroxyl groups is 1. The lowest BCUT2D eigenvalue weighted by Gasteiger charge is -2.25. The van der Waals surface area contributed by atoms with Gasteiger partial charge in [-0.15, -0.1) is 0 Å². The molecule has 1 fully saturated rings. The van der Waals surface area contributed by atoms with Crippen molar-refractivity contribution in [3.8, 4) is 5.75 Å². The third-order valence-electron chi connectivity index (χ3n) is 5.78. The second kappa shape index (κ2) is 7.92. The Hall–Kier alpha value is -4.00. The molecule has 1 amide bonds. The van der Waals surface area contributed by atoms with Crippen molar-refractivity contribution in [3.05, 3.63) is 101 Å². The molecule has 1 unspecified atom stereocenters. The number of halogens is 1. The van der Waals surface area contributed by atoms with Crippen molar-refractivity contribution in [2.24, 2.45) is 0 Å². The molecule has 1 saturated heterocycles. The van der Waals surface area contributed by atoms with Crippen LogP contribution in [-0.4, -0.2) is 33.3 Å². The Balaban J connectivity index is 1.66. The van der Waals surface area contributed by atoms with Crippen LogP contribution in [0.2, 0.25) is 0 Å². The molecule has 2 aliphatic rings. The fraction of sp³-hybridized carbons (Fsp3) is 0.160. The van der Waals surface area contributed by atoms with Gasteiger partial charge in [0.2, 0.25) is 0 Å². The lowest BCUT2D eigenvalue weighted by atomic mass is 9.94. The zero-order valence-electron chi connectivity index (χ0n) is 17.0. The van der Waals surface area contributed by atoms with E-state index in [-0.39, 0.29) is 23.4 Å². The SMILES string of the molecule is O=C1C(=O)N(Cc2cccnc2)C(c2ccccc2F)/C1=C(\O)c1ccc2c(c1)CCO2. The Labute approximate surface area is 183 Å². The van der Waals surface area contributed by atoms with Crippen LogP contribution in [0.15, 0.2) is 72.6 Å². The Morgan fingerprint density at radius 2 is 2.00 bits per heavy atom. The second-order valence-corrected chi connectivity index (χ2v) is 7.73. The number of Topliss-reactive ketones (excluding diaryl/α,β-unsaturated/α-hetero) is 1. The molecule has 1 atom stereocenters. The molecule has 0 aliphatic carbocycles. The minimum atomic E-state index is -1.07. The number of aromatic nitrogens is 1. The van der Waals surface area contributed by atoms with Crippen molar-refractivity contribution in [2.45, 2.75) is 19.0 Å². The van der Waals surface area contributed by atoms with E-state index in [9.17, 15) is 19.1 Å².